The minimum absolute atomic E-state index is 0.0748. The number of rotatable bonds is 1. The van der Waals surface area contributed by atoms with E-state index < -0.39 is 0 Å². The quantitative estimate of drug-likeness (QED) is 0.675. The molecule has 96 valence electrons. The average Bonchev–Trinajstić information content (AvgIpc) is 2.80. The van der Waals surface area contributed by atoms with Gasteiger partial charge in [0.05, 0.1) is 11.3 Å². The number of imidazole rings is 1. The van der Waals surface area contributed by atoms with Gasteiger partial charge in [0, 0.05) is 5.56 Å². The van der Waals surface area contributed by atoms with Crippen LogP contribution in [0.2, 0.25) is 10.3 Å². The van der Waals surface area contributed by atoms with Crippen LogP contribution in [0.15, 0.2) is 18.5 Å². The van der Waals surface area contributed by atoms with E-state index in [1.54, 1.807) is 19.1 Å². The zero-order chi connectivity index (χ0) is 13.6. The molecule has 0 amide bonds. The van der Waals surface area contributed by atoms with Crippen molar-refractivity contribution in [2.75, 3.05) is 0 Å². The van der Waals surface area contributed by atoms with Crippen LogP contribution in [0.3, 0.4) is 0 Å². The molecule has 19 heavy (non-hydrogen) atoms. The number of aryl methyl sites for hydroxylation is 1. The first-order valence-corrected chi connectivity index (χ1v) is 6.18. The van der Waals surface area contributed by atoms with Crippen LogP contribution in [0.1, 0.15) is 5.56 Å². The molecule has 0 unspecified atom stereocenters. The van der Waals surface area contributed by atoms with Gasteiger partial charge in [-0.05, 0) is 36.2 Å². The summed E-state index contributed by atoms with van der Waals surface area (Å²) in [5, 5.41) is 10.4. The maximum Gasteiger partial charge on any atom is 0.225 e. The number of benzene rings is 1. The van der Waals surface area contributed by atoms with E-state index in [1.807, 2.05) is 0 Å². The molecule has 0 saturated carbocycles. The van der Waals surface area contributed by atoms with E-state index in [0.29, 0.717) is 33.0 Å². The third-order valence-electron chi connectivity index (χ3n) is 2.80. The molecule has 5 nitrogen and oxygen atoms in total. The number of aromatic nitrogens is 4. The summed E-state index contributed by atoms with van der Waals surface area (Å²) < 4.78 is 0. The Morgan fingerprint density at radius 3 is 2.79 bits per heavy atom. The van der Waals surface area contributed by atoms with Crippen molar-refractivity contribution in [3.05, 3.63) is 34.3 Å². The van der Waals surface area contributed by atoms with Crippen molar-refractivity contribution in [3.63, 3.8) is 0 Å². The van der Waals surface area contributed by atoms with Gasteiger partial charge >= 0.3 is 0 Å². The molecule has 0 saturated heterocycles. The molecule has 3 rings (SSSR count). The number of H-pyrrole nitrogens is 1. The van der Waals surface area contributed by atoms with E-state index in [9.17, 15) is 5.11 Å². The van der Waals surface area contributed by atoms with E-state index in [1.165, 1.54) is 6.33 Å². The number of phenolic OH excluding ortho intramolecular Hbond substituents is 1. The van der Waals surface area contributed by atoms with Gasteiger partial charge < -0.3 is 10.1 Å². The lowest BCUT2D eigenvalue weighted by Crippen LogP contribution is -1.92. The lowest BCUT2D eigenvalue weighted by Gasteiger charge is -2.08. The maximum absolute atomic E-state index is 9.82. The highest BCUT2D eigenvalue weighted by molar-refractivity contribution is 6.34. The third-order valence-corrected chi connectivity index (χ3v) is 3.28. The van der Waals surface area contributed by atoms with Crippen LogP contribution in [0.4, 0.5) is 0 Å². The lowest BCUT2D eigenvalue weighted by atomic mass is 10.1. The number of nitrogens with zero attached hydrogens (tertiary/aromatic N) is 3. The van der Waals surface area contributed by atoms with Gasteiger partial charge in [0.2, 0.25) is 5.28 Å². The largest absolute Gasteiger partial charge is 0.508 e. The fraction of sp³-hybridized carbons (Fsp3) is 0.0833. The van der Waals surface area contributed by atoms with E-state index in [-0.39, 0.29) is 11.0 Å². The van der Waals surface area contributed by atoms with Crippen LogP contribution in [0.25, 0.3) is 22.4 Å². The molecule has 0 aliphatic carbocycles. The van der Waals surface area contributed by atoms with Gasteiger partial charge in [-0.25, -0.2) is 9.97 Å². The summed E-state index contributed by atoms with van der Waals surface area (Å²) in [6.07, 6.45) is 1.50. The second-order valence-electron chi connectivity index (χ2n) is 4.06. The molecule has 2 aromatic heterocycles. The first-order valence-electron chi connectivity index (χ1n) is 5.42. The Morgan fingerprint density at radius 1 is 1.21 bits per heavy atom. The molecule has 0 atom stereocenters. The molecule has 0 spiro atoms. The van der Waals surface area contributed by atoms with E-state index in [4.69, 9.17) is 23.2 Å². The topological polar surface area (TPSA) is 74.7 Å². The molecular weight excluding hydrogens is 287 g/mol. The number of fused-ring (bicyclic) bond motifs is 1. The number of hydrogen-bond donors (Lipinski definition) is 2. The first-order chi connectivity index (χ1) is 9.06. The molecule has 3 aromatic rings. The summed E-state index contributed by atoms with van der Waals surface area (Å²) in [6, 6.07) is 3.22. The summed E-state index contributed by atoms with van der Waals surface area (Å²) >= 11 is 12.1. The van der Waals surface area contributed by atoms with Crippen LogP contribution in [0.5, 0.6) is 5.75 Å². The van der Waals surface area contributed by atoms with Gasteiger partial charge in [-0.3, -0.25) is 0 Å². The number of nitrogens with one attached hydrogen (secondary N) is 1. The van der Waals surface area contributed by atoms with Crippen molar-refractivity contribution in [1.82, 2.24) is 19.9 Å². The number of halogens is 2. The van der Waals surface area contributed by atoms with Crippen LogP contribution in [0, 0.1) is 6.92 Å². The lowest BCUT2D eigenvalue weighted by molar-refractivity contribution is 0.471. The minimum atomic E-state index is 0.0748. The Labute approximate surface area is 118 Å². The number of aromatic amines is 1. The van der Waals surface area contributed by atoms with Crippen molar-refractivity contribution >= 4 is 34.4 Å². The zero-order valence-electron chi connectivity index (χ0n) is 9.78. The highest BCUT2D eigenvalue weighted by Gasteiger charge is 2.15. The summed E-state index contributed by atoms with van der Waals surface area (Å²) in [5.41, 5.74) is 2.84. The van der Waals surface area contributed by atoms with Gasteiger partial charge in [-0.2, -0.15) is 4.98 Å². The zero-order valence-corrected chi connectivity index (χ0v) is 11.3. The van der Waals surface area contributed by atoms with Gasteiger partial charge in [0.15, 0.2) is 5.65 Å². The van der Waals surface area contributed by atoms with Crippen LogP contribution in [-0.4, -0.2) is 25.0 Å². The Hall–Kier alpha value is -1.85. The second kappa shape index (κ2) is 4.36. The molecule has 7 heteroatoms. The van der Waals surface area contributed by atoms with Crippen molar-refractivity contribution < 1.29 is 5.11 Å². The number of phenols is 1. The molecule has 0 aliphatic rings. The summed E-state index contributed by atoms with van der Waals surface area (Å²) in [7, 11) is 0. The minimum Gasteiger partial charge on any atom is -0.508 e. The first kappa shape index (κ1) is 12.2. The predicted octanol–water partition coefficient (Wildman–Crippen LogP) is 3.34. The van der Waals surface area contributed by atoms with Gasteiger partial charge in [-0.15, -0.1) is 0 Å². The van der Waals surface area contributed by atoms with E-state index >= 15 is 0 Å². The molecule has 0 fully saturated rings. The number of hydrogen-bond acceptors (Lipinski definition) is 4. The summed E-state index contributed by atoms with van der Waals surface area (Å²) in [5.74, 6) is 0.141. The third kappa shape index (κ3) is 2.01. The van der Waals surface area contributed by atoms with Crippen molar-refractivity contribution in [3.8, 4) is 17.0 Å². The van der Waals surface area contributed by atoms with E-state index in [2.05, 4.69) is 19.9 Å². The standard InChI is InChI=1S/C12H8Cl2N4O/c1-5-2-7(13)6(3-8(5)19)9-10-11(16-4-15-10)18-12(14)17-9/h2-4,19H,1H3,(H,15,16,17,18). The fourth-order valence-corrected chi connectivity index (χ4v) is 2.32. The smallest absolute Gasteiger partial charge is 0.225 e. The molecule has 2 N–H and O–H groups in total. The fourth-order valence-electron chi connectivity index (χ4n) is 1.84. The predicted molar refractivity (Wildman–Crippen MR) is 73.5 cm³/mol. The Morgan fingerprint density at radius 2 is 2.00 bits per heavy atom. The maximum atomic E-state index is 9.82. The molecule has 0 aliphatic heterocycles. The molecule has 0 radical (unpaired) electrons. The Balaban J connectivity index is 2.35. The highest BCUT2D eigenvalue weighted by Crippen LogP contribution is 2.35. The molecular formula is C12H8Cl2N4O. The van der Waals surface area contributed by atoms with Crippen LogP contribution in [-0.2, 0) is 0 Å². The SMILES string of the molecule is Cc1cc(Cl)c(-c2nc(Cl)nc3nc[nH]c23)cc1O. The van der Waals surface area contributed by atoms with Gasteiger partial charge in [0.1, 0.15) is 17.0 Å². The normalized spacial score (nSPS) is 11.1. The van der Waals surface area contributed by atoms with E-state index in [0.717, 1.165) is 0 Å². The van der Waals surface area contributed by atoms with Crippen molar-refractivity contribution in [1.29, 1.82) is 0 Å². The highest BCUT2D eigenvalue weighted by atomic mass is 35.5. The Kier molecular flexibility index (Phi) is 2.80. The van der Waals surface area contributed by atoms with Gasteiger partial charge in [-0.1, -0.05) is 11.6 Å². The monoisotopic (exact) mass is 294 g/mol. The van der Waals surface area contributed by atoms with Crippen LogP contribution < -0.4 is 0 Å². The molecule has 2 heterocycles. The average molecular weight is 295 g/mol. The van der Waals surface area contributed by atoms with Gasteiger partial charge in [0.25, 0.3) is 0 Å². The van der Waals surface area contributed by atoms with Crippen molar-refractivity contribution in [2.24, 2.45) is 0 Å². The molecule has 1 aromatic carbocycles. The van der Waals surface area contributed by atoms with Crippen molar-refractivity contribution in [2.45, 2.75) is 6.92 Å². The Bertz CT molecular complexity index is 785. The second-order valence-corrected chi connectivity index (χ2v) is 4.81. The summed E-state index contributed by atoms with van der Waals surface area (Å²) in [4.78, 5) is 15.1. The van der Waals surface area contributed by atoms with Crippen LogP contribution >= 0.6 is 23.2 Å². The summed E-state index contributed by atoms with van der Waals surface area (Å²) in [6.45, 7) is 1.77. The number of aromatic hydroxyl groups is 1. The molecule has 0 bridgehead atoms.